The van der Waals surface area contributed by atoms with Gasteiger partial charge in [0.05, 0.1) is 19.7 Å². The minimum Gasteiger partial charge on any atom is -0.478 e. The lowest BCUT2D eigenvalue weighted by molar-refractivity contribution is -0.122. The summed E-state index contributed by atoms with van der Waals surface area (Å²) in [6.45, 7) is 11.3. The van der Waals surface area contributed by atoms with Gasteiger partial charge in [-0.25, -0.2) is 9.98 Å². The van der Waals surface area contributed by atoms with E-state index in [0.717, 1.165) is 63.4 Å². The Morgan fingerprint density at radius 3 is 2.63 bits per heavy atom. The Kier molecular flexibility index (Phi) is 11.0. The van der Waals surface area contributed by atoms with Crippen LogP contribution < -0.4 is 20.7 Å². The van der Waals surface area contributed by atoms with Crippen molar-refractivity contribution < 1.29 is 9.53 Å². The number of hydrogen-bond acceptors (Lipinski definition) is 5. The van der Waals surface area contributed by atoms with E-state index in [2.05, 4.69) is 46.6 Å². The van der Waals surface area contributed by atoms with Gasteiger partial charge in [0.2, 0.25) is 11.8 Å². The molecule has 1 fully saturated rings. The third kappa shape index (κ3) is 8.98. The molecule has 1 saturated heterocycles. The van der Waals surface area contributed by atoms with E-state index in [1.165, 1.54) is 0 Å². The van der Waals surface area contributed by atoms with E-state index in [1.54, 1.807) is 0 Å². The van der Waals surface area contributed by atoms with Gasteiger partial charge in [0.15, 0.2) is 5.96 Å². The van der Waals surface area contributed by atoms with Crippen LogP contribution in [0.4, 0.5) is 0 Å². The smallest absolute Gasteiger partial charge is 0.234 e. The minimum atomic E-state index is 0.123. The molecule has 1 amide bonds. The summed E-state index contributed by atoms with van der Waals surface area (Å²) in [5, 5.41) is 9.81. The highest BCUT2D eigenvalue weighted by atomic mass is 16.5. The Balaban J connectivity index is 1.79. The zero-order chi connectivity index (χ0) is 21.6. The average molecular weight is 419 g/mol. The van der Waals surface area contributed by atoms with E-state index < -0.39 is 0 Å². The number of aliphatic imine (C=N–C) groups is 1. The number of amides is 1. The molecule has 1 aromatic rings. The second-order valence-corrected chi connectivity index (χ2v) is 7.59. The number of guanidine groups is 1. The van der Waals surface area contributed by atoms with Gasteiger partial charge in [0, 0.05) is 44.5 Å². The second-order valence-electron chi connectivity index (χ2n) is 7.59. The van der Waals surface area contributed by atoms with Crippen LogP contribution in [0.2, 0.25) is 0 Å². The van der Waals surface area contributed by atoms with Crippen LogP contribution in [-0.4, -0.2) is 67.1 Å². The summed E-state index contributed by atoms with van der Waals surface area (Å²) in [5.41, 5.74) is 1.05. The molecule has 2 heterocycles. The normalized spacial score (nSPS) is 15.6. The highest BCUT2D eigenvalue weighted by molar-refractivity contribution is 5.80. The van der Waals surface area contributed by atoms with Crippen molar-refractivity contribution in [3.63, 3.8) is 0 Å². The van der Waals surface area contributed by atoms with Gasteiger partial charge in [-0.15, -0.1) is 0 Å². The maximum atomic E-state index is 11.9. The first kappa shape index (κ1) is 23.9. The fourth-order valence-electron chi connectivity index (χ4n) is 3.24. The third-order valence-corrected chi connectivity index (χ3v) is 4.88. The first-order valence-electron chi connectivity index (χ1n) is 11.3. The van der Waals surface area contributed by atoms with Crippen molar-refractivity contribution in [3.05, 3.63) is 23.9 Å². The van der Waals surface area contributed by atoms with Crippen LogP contribution in [0.3, 0.4) is 0 Å². The molecule has 0 bridgehead atoms. The summed E-state index contributed by atoms with van der Waals surface area (Å²) >= 11 is 0. The van der Waals surface area contributed by atoms with Crippen molar-refractivity contribution in [2.45, 2.75) is 59.0 Å². The zero-order valence-electron chi connectivity index (χ0n) is 18.7. The van der Waals surface area contributed by atoms with Gasteiger partial charge in [-0.05, 0) is 38.2 Å². The number of carbonyl (C=O) groups excluding carboxylic acids is 1. The number of nitrogens with one attached hydrogen (secondary N) is 3. The van der Waals surface area contributed by atoms with Crippen LogP contribution in [0.5, 0.6) is 5.88 Å². The molecule has 0 saturated carbocycles. The summed E-state index contributed by atoms with van der Waals surface area (Å²) in [4.78, 5) is 23.2. The number of carbonyl (C=O) groups is 1. The van der Waals surface area contributed by atoms with Gasteiger partial charge in [-0.3, -0.25) is 9.69 Å². The van der Waals surface area contributed by atoms with Gasteiger partial charge in [0.25, 0.3) is 0 Å². The van der Waals surface area contributed by atoms with E-state index in [0.29, 0.717) is 31.6 Å². The van der Waals surface area contributed by atoms with E-state index >= 15 is 0 Å². The van der Waals surface area contributed by atoms with Crippen molar-refractivity contribution in [1.82, 2.24) is 25.8 Å². The lowest BCUT2D eigenvalue weighted by atomic mass is 10.1. The largest absolute Gasteiger partial charge is 0.478 e. The molecule has 0 spiro atoms. The van der Waals surface area contributed by atoms with Crippen molar-refractivity contribution in [1.29, 1.82) is 0 Å². The molecule has 30 heavy (non-hydrogen) atoms. The summed E-state index contributed by atoms with van der Waals surface area (Å²) < 4.78 is 5.53. The Bertz CT molecular complexity index is 642. The Morgan fingerprint density at radius 2 is 2.00 bits per heavy atom. The van der Waals surface area contributed by atoms with Crippen LogP contribution in [0.15, 0.2) is 23.3 Å². The lowest BCUT2D eigenvalue weighted by Crippen LogP contribution is -2.50. The van der Waals surface area contributed by atoms with E-state index in [-0.39, 0.29) is 5.91 Å². The van der Waals surface area contributed by atoms with Crippen molar-refractivity contribution in [2.75, 3.05) is 39.3 Å². The number of piperidine rings is 1. The van der Waals surface area contributed by atoms with E-state index in [4.69, 9.17) is 9.73 Å². The summed E-state index contributed by atoms with van der Waals surface area (Å²) in [7, 11) is 0. The third-order valence-electron chi connectivity index (χ3n) is 4.88. The van der Waals surface area contributed by atoms with Gasteiger partial charge in [-0.1, -0.05) is 19.9 Å². The van der Waals surface area contributed by atoms with E-state index in [1.807, 2.05) is 18.3 Å². The highest BCUT2D eigenvalue weighted by Crippen LogP contribution is 2.11. The standard InChI is InChI=1S/C22H38N6O2/c1-4-11-24-20(29)17-28-12-9-19(10-13-28)27-22(23-6-3)26-16-18-7-8-21(25-15-18)30-14-5-2/h7-8,15,19H,4-6,9-14,16-17H2,1-3H3,(H,24,29)(H2,23,26,27). The molecule has 1 aromatic heterocycles. The first-order valence-corrected chi connectivity index (χ1v) is 11.3. The molecule has 1 aliphatic rings. The first-order chi connectivity index (χ1) is 14.6. The van der Waals surface area contributed by atoms with Crippen LogP contribution in [0.25, 0.3) is 0 Å². The quantitative estimate of drug-likeness (QED) is 0.376. The predicted molar refractivity (Wildman–Crippen MR) is 121 cm³/mol. The number of likely N-dealkylation sites (tertiary alicyclic amines) is 1. The van der Waals surface area contributed by atoms with Crippen LogP contribution in [0.1, 0.15) is 52.0 Å². The lowest BCUT2D eigenvalue weighted by Gasteiger charge is -2.32. The predicted octanol–water partition coefficient (Wildman–Crippen LogP) is 1.92. The highest BCUT2D eigenvalue weighted by Gasteiger charge is 2.21. The molecule has 168 valence electrons. The van der Waals surface area contributed by atoms with Crippen LogP contribution in [0, 0.1) is 0 Å². The molecule has 0 aliphatic carbocycles. The summed E-state index contributed by atoms with van der Waals surface area (Å²) in [6, 6.07) is 4.26. The minimum absolute atomic E-state index is 0.123. The molecule has 2 rings (SSSR count). The summed E-state index contributed by atoms with van der Waals surface area (Å²) in [6.07, 6.45) is 5.75. The Labute approximate surface area is 180 Å². The van der Waals surface area contributed by atoms with Crippen molar-refractivity contribution in [2.24, 2.45) is 4.99 Å². The number of rotatable bonds is 11. The van der Waals surface area contributed by atoms with Gasteiger partial charge >= 0.3 is 0 Å². The molecule has 8 nitrogen and oxygen atoms in total. The molecular weight excluding hydrogens is 380 g/mol. The molecule has 0 radical (unpaired) electrons. The monoisotopic (exact) mass is 418 g/mol. The molecule has 3 N–H and O–H groups in total. The topological polar surface area (TPSA) is 90.9 Å². The number of pyridine rings is 1. The molecule has 0 atom stereocenters. The molecule has 0 unspecified atom stereocenters. The van der Waals surface area contributed by atoms with E-state index in [9.17, 15) is 4.79 Å². The molecule has 0 aromatic carbocycles. The molecule has 1 aliphatic heterocycles. The number of hydrogen-bond donors (Lipinski definition) is 3. The number of aromatic nitrogens is 1. The van der Waals surface area contributed by atoms with Crippen molar-refractivity contribution >= 4 is 11.9 Å². The SMILES string of the molecule is CCCNC(=O)CN1CCC(NC(=NCc2ccc(OCCC)nc2)NCC)CC1. The van der Waals surface area contributed by atoms with Crippen LogP contribution >= 0.6 is 0 Å². The Hall–Kier alpha value is -2.35. The zero-order valence-corrected chi connectivity index (χ0v) is 18.7. The maximum absolute atomic E-state index is 11.9. The van der Waals surface area contributed by atoms with Gasteiger partial charge in [0.1, 0.15) is 0 Å². The van der Waals surface area contributed by atoms with Gasteiger partial charge < -0.3 is 20.7 Å². The number of ether oxygens (including phenoxy) is 1. The molecule has 8 heteroatoms. The second kappa shape index (κ2) is 13.8. The number of nitrogens with zero attached hydrogens (tertiary/aromatic N) is 3. The maximum Gasteiger partial charge on any atom is 0.234 e. The fourth-order valence-corrected chi connectivity index (χ4v) is 3.24. The molecular formula is C22H38N6O2. The average Bonchev–Trinajstić information content (AvgIpc) is 2.77. The van der Waals surface area contributed by atoms with Crippen molar-refractivity contribution in [3.8, 4) is 5.88 Å². The summed E-state index contributed by atoms with van der Waals surface area (Å²) in [5.74, 6) is 1.60. The van der Waals surface area contributed by atoms with Crippen LogP contribution in [-0.2, 0) is 11.3 Å². The van der Waals surface area contributed by atoms with Gasteiger partial charge in [-0.2, -0.15) is 0 Å². The Morgan fingerprint density at radius 1 is 1.20 bits per heavy atom. The fraction of sp³-hybridized carbons (Fsp3) is 0.682.